The molecule has 0 saturated heterocycles. The second-order valence-corrected chi connectivity index (χ2v) is 4.44. The third-order valence-corrected chi connectivity index (χ3v) is 2.77. The highest BCUT2D eigenvalue weighted by Gasteiger charge is 1.91. The van der Waals surface area contributed by atoms with Gasteiger partial charge in [0.2, 0.25) is 0 Å². The van der Waals surface area contributed by atoms with Crippen molar-refractivity contribution in [2.45, 2.75) is 26.2 Å². The molecule has 0 aromatic heterocycles. The zero-order chi connectivity index (χ0) is 14.6. The van der Waals surface area contributed by atoms with E-state index in [4.69, 9.17) is 10.2 Å². The van der Waals surface area contributed by atoms with E-state index in [1.165, 1.54) is 17.2 Å². The van der Waals surface area contributed by atoms with Gasteiger partial charge in [-0.15, -0.1) is 0 Å². The van der Waals surface area contributed by atoms with Crippen molar-refractivity contribution in [3.05, 3.63) is 72.7 Å². The summed E-state index contributed by atoms with van der Waals surface area (Å²) in [5.41, 5.74) is 2.55. The first-order chi connectivity index (χ1) is 9.74. The molecule has 0 aliphatic heterocycles. The van der Waals surface area contributed by atoms with Crippen molar-refractivity contribution in [2.24, 2.45) is 0 Å². The number of hydrogen-bond acceptors (Lipinski definition) is 2. The summed E-state index contributed by atoms with van der Waals surface area (Å²) in [5, 5.41) is 16.4. The summed E-state index contributed by atoms with van der Waals surface area (Å²) >= 11 is 0. The third-order valence-electron chi connectivity index (χ3n) is 2.77. The Labute approximate surface area is 121 Å². The zero-order valence-corrected chi connectivity index (χ0v) is 11.9. The molecule has 0 atom stereocenters. The van der Waals surface area contributed by atoms with Crippen LogP contribution in [0.5, 0.6) is 0 Å². The van der Waals surface area contributed by atoms with E-state index >= 15 is 0 Å². The first-order valence-corrected chi connectivity index (χ1v) is 6.92. The maximum Gasteiger partial charge on any atom is 0.269 e. The summed E-state index contributed by atoms with van der Waals surface area (Å²) in [5.74, 6) is -0.557. The molecule has 0 heterocycles. The molecule has 2 N–H and O–H groups in total. The smallest absolute Gasteiger partial charge is 0.269 e. The van der Waals surface area contributed by atoms with Crippen LogP contribution in [-0.2, 0) is 0 Å². The molecule has 0 bridgehead atoms. The van der Waals surface area contributed by atoms with E-state index in [1.807, 2.05) is 12.1 Å². The molecule has 0 saturated carbocycles. The average Bonchev–Trinajstić information content (AvgIpc) is 2.50. The van der Waals surface area contributed by atoms with E-state index in [-0.39, 0.29) is 0 Å². The van der Waals surface area contributed by atoms with Gasteiger partial charge in [-0.2, -0.15) is 0 Å². The van der Waals surface area contributed by atoms with E-state index in [0.29, 0.717) is 0 Å². The molecule has 0 aliphatic rings. The van der Waals surface area contributed by atoms with Crippen molar-refractivity contribution in [1.29, 1.82) is 0 Å². The van der Waals surface area contributed by atoms with Crippen LogP contribution in [-0.4, -0.2) is 10.2 Å². The number of aliphatic hydroxyl groups is 2. The Hall–Kier alpha value is -2.22. The van der Waals surface area contributed by atoms with Crippen molar-refractivity contribution >= 4 is 0 Å². The molecule has 2 nitrogen and oxygen atoms in total. The number of allylic oxidation sites excluding steroid dienone is 1. The lowest BCUT2D eigenvalue weighted by molar-refractivity contribution is 0.189. The van der Waals surface area contributed by atoms with Gasteiger partial charge in [-0.3, -0.25) is 0 Å². The molecule has 0 fully saturated rings. The minimum atomic E-state index is -0.557. The van der Waals surface area contributed by atoms with Crippen LogP contribution in [0.4, 0.5) is 0 Å². The van der Waals surface area contributed by atoms with Crippen molar-refractivity contribution in [2.75, 3.05) is 0 Å². The highest BCUT2D eigenvalue weighted by Crippen LogP contribution is 2.17. The Balaban J connectivity index is 0.000000221. The molecule has 2 aromatic rings. The lowest BCUT2D eigenvalue weighted by atomic mass is 10.1. The van der Waals surface area contributed by atoms with Gasteiger partial charge in [0.25, 0.3) is 5.95 Å². The van der Waals surface area contributed by atoms with Crippen LogP contribution in [0.3, 0.4) is 0 Å². The number of rotatable bonds is 4. The van der Waals surface area contributed by atoms with Crippen LogP contribution in [0.2, 0.25) is 0 Å². The van der Waals surface area contributed by atoms with Gasteiger partial charge in [0, 0.05) is 0 Å². The first-order valence-electron chi connectivity index (χ1n) is 6.92. The van der Waals surface area contributed by atoms with Gasteiger partial charge in [0.05, 0.1) is 0 Å². The topological polar surface area (TPSA) is 40.5 Å². The number of hydrogen-bond donors (Lipinski definition) is 2. The van der Waals surface area contributed by atoms with Crippen LogP contribution < -0.4 is 0 Å². The average molecular weight is 270 g/mol. The fourth-order valence-electron chi connectivity index (χ4n) is 1.70. The molecular weight excluding hydrogens is 248 g/mol. The minimum absolute atomic E-state index is 0.557. The molecule has 2 aromatic carbocycles. The summed E-state index contributed by atoms with van der Waals surface area (Å²) in [7, 11) is 0. The second-order valence-electron chi connectivity index (χ2n) is 4.44. The van der Waals surface area contributed by atoms with E-state index in [2.05, 4.69) is 55.5 Å². The van der Waals surface area contributed by atoms with Gasteiger partial charge in [-0.25, -0.2) is 0 Å². The van der Waals surface area contributed by atoms with Crippen molar-refractivity contribution in [3.63, 3.8) is 0 Å². The third kappa shape index (κ3) is 6.64. The van der Waals surface area contributed by atoms with Gasteiger partial charge in [-0.05, 0) is 30.0 Å². The largest absolute Gasteiger partial charge is 0.481 e. The molecule has 2 rings (SSSR count). The van der Waals surface area contributed by atoms with Crippen molar-refractivity contribution < 1.29 is 10.2 Å². The van der Waals surface area contributed by atoms with Crippen molar-refractivity contribution in [3.8, 4) is 11.1 Å². The van der Waals surface area contributed by atoms with Crippen molar-refractivity contribution in [1.82, 2.24) is 0 Å². The molecule has 0 radical (unpaired) electrons. The fourth-order valence-corrected chi connectivity index (χ4v) is 1.70. The quantitative estimate of drug-likeness (QED) is 0.570. The highest BCUT2D eigenvalue weighted by molar-refractivity contribution is 5.62. The van der Waals surface area contributed by atoms with E-state index in [0.717, 1.165) is 19.3 Å². The maximum atomic E-state index is 8.20. The van der Waals surface area contributed by atoms with Gasteiger partial charge in [-0.1, -0.05) is 74.0 Å². The lowest BCUT2D eigenvalue weighted by Gasteiger charge is -1.98. The summed E-state index contributed by atoms with van der Waals surface area (Å²) in [6.07, 6.45) is 4.27. The van der Waals surface area contributed by atoms with Gasteiger partial charge >= 0.3 is 0 Å². The molecular formula is C18H22O2. The van der Waals surface area contributed by atoms with Crippen LogP contribution >= 0.6 is 0 Å². The molecule has 0 aliphatic carbocycles. The molecule has 0 spiro atoms. The SMILES string of the molecule is CCCCC=C(O)O.c1ccc(-c2ccccc2)cc1. The second kappa shape index (κ2) is 9.68. The van der Waals surface area contributed by atoms with E-state index in [9.17, 15) is 0 Å². The van der Waals surface area contributed by atoms with Gasteiger partial charge in [0.1, 0.15) is 0 Å². The summed E-state index contributed by atoms with van der Waals surface area (Å²) in [6, 6.07) is 20.8. The monoisotopic (exact) mass is 270 g/mol. The van der Waals surface area contributed by atoms with Gasteiger partial charge < -0.3 is 10.2 Å². The Morgan fingerprint density at radius 1 is 0.850 bits per heavy atom. The predicted molar refractivity (Wildman–Crippen MR) is 84.7 cm³/mol. The maximum absolute atomic E-state index is 8.20. The van der Waals surface area contributed by atoms with Gasteiger partial charge in [0.15, 0.2) is 0 Å². The van der Waals surface area contributed by atoms with E-state index < -0.39 is 5.95 Å². The Bertz CT molecular complexity index is 448. The predicted octanol–water partition coefficient (Wildman–Crippen LogP) is 5.49. The molecule has 20 heavy (non-hydrogen) atoms. The Morgan fingerprint density at radius 3 is 1.65 bits per heavy atom. The number of benzene rings is 2. The Kier molecular flexibility index (Phi) is 7.66. The number of unbranched alkanes of at least 4 members (excludes halogenated alkanes) is 2. The van der Waals surface area contributed by atoms with Crippen LogP contribution in [0.15, 0.2) is 72.7 Å². The molecule has 106 valence electrons. The summed E-state index contributed by atoms with van der Waals surface area (Å²) in [6.45, 7) is 2.06. The zero-order valence-electron chi connectivity index (χ0n) is 11.9. The van der Waals surface area contributed by atoms with Crippen LogP contribution in [0.1, 0.15) is 26.2 Å². The molecule has 2 heteroatoms. The van der Waals surface area contributed by atoms with Crippen LogP contribution in [0.25, 0.3) is 11.1 Å². The lowest BCUT2D eigenvalue weighted by Crippen LogP contribution is -1.75. The summed E-state index contributed by atoms with van der Waals surface area (Å²) < 4.78 is 0. The first kappa shape index (κ1) is 15.8. The molecule has 0 unspecified atom stereocenters. The highest BCUT2D eigenvalue weighted by atomic mass is 16.5. The Morgan fingerprint density at radius 2 is 1.30 bits per heavy atom. The normalized spacial score (nSPS) is 9.25. The van der Waals surface area contributed by atoms with Crippen LogP contribution in [0, 0.1) is 0 Å². The standard InChI is InChI=1S/C12H10.C6H12O2/c1-3-7-11(8-4-1)12-9-5-2-6-10-12;1-2-3-4-5-6(7)8/h1-10H;5,7-8H,2-4H2,1H3. The summed E-state index contributed by atoms with van der Waals surface area (Å²) in [4.78, 5) is 0. The minimum Gasteiger partial charge on any atom is -0.481 e. The number of aliphatic hydroxyl groups excluding tert-OH is 1. The fraction of sp³-hybridized carbons (Fsp3) is 0.222. The van der Waals surface area contributed by atoms with E-state index in [1.54, 1.807) is 0 Å². The molecule has 0 amide bonds.